The molecular weight excluding hydrogens is 182 g/mol. The highest BCUT2D eigenvalue weighted by Crippen LogP contribution is 2.42. The number of nitrogens with zero attached hydrogens (tertiary/aromatic N) is 1. The molecule has 80 valence electrons. The molecule has 0 spiro atoms. The van der Waals surface area contributed by atoms with Gasteiger partial charge in [-0.1, -0.05) is 37.3 Å². The molecule has 0 amide bonds. The molecule has 15 heavy (non-hydrogen) atoms. The summed E-state index contributed by atoms with van der Waals surface area (Å²) < 4.78 is 0. The lowest BCUT2D eigenvalue weighted by molar-refractivity contribution is 0.231. The first-order chi connectivity index (χ1) is 7.34. The van der Waals surface area contributed by atoms with Gasteiger partial charge in [0, 0.05) is 18.6 Å². The third kappa shape index (κ3) is 1.59. The molecule has 3 atom stereocenters. The third-order valence-corrected chi connectivity index (χ3v) is 4.20. The van der Waals surface area contributed by atoms with Gasteiger partial charge < -0.3 is 0 Å². The summed E-state index contributed by atoms with van der Waals surface area (Å²) in [4.78, 5) is 2.74. The Morgan fingerprint density at radius 1 is 1.20 bits per heavy atom. The molecule has 1 unspecified atom stereocenters. The van der Waals surface area contributed by atoms with E-state index in [4.69, 9.17) is 0 Å². The van der Waals surface area contributed by atoms with Crippen molar-refractivity contribution >= 4 is 0 Å². The van der Waals surface area contributed by atoms with Crippen molar-refractivity contribution in [1.82, 2.24) is 4.90 Å². The molecule has 2 aliphatic heterocycles. The lowest BCUT2D eigenvalue weighted by atomic mass is 9.91. The van der Waals surface area contributed by atoms with Gasteiger partial charge in [-0.15, -0.1) is 0 Å². The number of rotatable bonds is 2. The second-order valence-electron chi connectivity index (χ2n) is 5.17. The first-order valence-corrected chi connectivity index (χ1v) is 6.14. The van der Waals surface area contributed by atoms with Crippen molar-refractivity contribution in [2.75, 3.05) is 0 Å². The van der Waals surface area contributed by atoms with Crippen LogP contribution in [0.2, 0.25) is 0 Å². The Labute approximate surface area is 92.1 Å². The van der Waals surface area contributed by atoms with E-state index < -0.39 is 0 Å². The fraction of sp³-hybridized carbons (Fsp3) is 0.571. The van der Waals surface area contributed by atoms with Crippen molar-refractivity contribution in [2.24, 2.45) is 5.92 Å². The zero-order valence-corrected chi connectivity index (χ0v) is 9.39. The topological polar surface area (TPSA) is 3.24 Å². The van der Waals surface area contributed by atoms with Crippen LogP contribution < -0.4 is 0 Å². The standard InChI is InChI=1S/C14H19N/c1-11-9-13-7-8-14(11)15(13)10-12-5-3-2-4-6-12/h2-6,11,13-14H,7-10H2,1H3/t11?,13-,14+/m0/s1. The molecule has 2 aliphatic rings. The van der Waals surface area contributed by atoms with Gasteiger partial charge >= 0.3 is 0 Å². The number of fused-ring (bicyclic) bond motifs is 2. The van der Waals surface area contributed by atoms with Crippen LogP contribution in [0.1, 0.15) is 31.7 Å². The van der Waals surface area contributed by atoms with E-state index >= 15 is 0 Å². The number of hydrogen-bond donors (Lipinski definition) is 0. The highest BCUT2D eigenvalue weighted by Gasteiger charge is 2.43. The van der Waals surface area contributed by atoms with E-state index in [0.717, 1.165) is 18.0 Å². The lowest BCUT2D eigenvalue weighted by Gasteiger charge is -2.22. The molecule has 1 heteroatoms. The van der Waals surface area contributed by atoms with E-state index in [2.05, 4.69) is 42.2 Å². The molecule has 1 nitrogen and oxygen atoms in total. The minimum Gasteiger partial charge on any atom is -0.293 e. The molecule has 2 fully saturated rings. The molecular formula is C14H19N. The Morgan fingerprint density at radius 3 is 2.60 bits per heavy atom. The van der Waals surface area contributed by atoms with Crippen LogP contribution in [0.3, 0.4) is 0 Å². The van der Waals surface area contributed by atoms with Crippen LogP contribution in [0, 0.1) is 5.92 Å². The van der Waals surface area contributed by atoms with Crippen LogP contribution in [-0.2, 0) is 6.54 Å². The van der Waals surface area contributed by atoms with Crippen LogP contribution in [0.25, 0.3) is 0 Å². The van der Waals surface area contributed by atoms with Crippen LogP contribution >= 0.6 is 0 Å². The van der Waals surface area contributed by atoms with Crippen LogP contribution in [0.5, 0.6) is 0 Å². The zero-order valence-electron chi connectivity index (χ0n) is 9.39. The second-order valence-corrected chi connectivity index (χ2v) is 5.17. The SMILES string of the molecule is CC1C[C@@H]2CC[C@H]1N2Cc1ccccc1. The maximum absolute atomic E-state index is 2.74. The Bertz CT molecular complexity index is 332. The summed E-state index contributed by atoms with van der Waals surface area (Å²) in [5.74, 6) is 0.924. The van der Waals surface area contributed by atoms with Crippen LogP contribution in [0.4, 0.5) is 0 Å². The molecule has 2 heterocycles. The predicted molar refractivity (Wildman–Crippen MR) is 62.6 cm³/mol. The van der Waals surface area contributed by atoms with Gasteiger partial charge in [0.15, 0.2) is 0 Å². The highest BCUT2D eigenvalue weighted by atomic mass is 15.2. The van der Waals surface area contributed by atoms with Gasteiger partial charge in [-0.3, -0.25) is 4.90 Å². The minimum atomic E-state index is 0.871. The van der Waals surface area contributed by atoms with Crippen molar-refractivity contribution in [1.29, 1.82) is 0 Å². The van der Waals surface area contributed by atoms with Crippen LogP contribution in [-0.4, -0.2) is 17.0 Å². The summed E-state index contributed by atoms with van der Waals surface area (Å²) in [6, 6.07) is 12.7. The number of benzene rings is 1. The summed E-state index contributed by atoms with van der Waals surface area (Å²) in [6.07, 6.45) is 4.29. The molecule has 0 radical (unpaired) electrons. The quantitative estimate of drug-likeness (QED) is 0.711. The molecule has 0 saturated carbocycles. The van der Waals surface area contributed by atoms with Crippen molar-refractivity contribution in [3.8, 4) is 0 Å². The Kier molecular flexibility index (Phi) is 2.28. The highest BCUT2D eigenvalue weighted by molar-refractivity contribution is 5.16. The molecule has 2 saturated heterocycles. The molecule has 3 rings (SSSR count). The van der Waals surface area contributed by atoms with Crippen molar-refractivity contribution in [3.05, 3.63) is 35.9 Å². The number of hydrogen-bond acceptors (Lipinski definition) is 1. The Morgan fingerprint density at radius 2 is 2.00 bits per heavy atom. The van der Waals surface area contributed by atoms with Crippen molar-refractivity contribution in [3.63, 3.8) is 0 Å². The summed E-state index contributed by atoms with van der Waals surface area (Å²) in [6.45, 7) is 3.59. The molecule has 2 bridgehead atoms. The molecule has 1 aromatic rings. The molecule has 0 aliphatic carbocycles. The average Bonchev–Trinajstić information content (AvgIpc) is 2.76. The summed E-state index contributed by atoms with van der Waals surface area (Å²) in [5, 5.41) is 0. The first kappa shape index (κ1) is 9.41. The van der Waals surface area contributed by atoms with Crippen molar-refractivity contribution < 1.29 is 0 Å². The fourth-order valence-electron chi connectivity index (χ4n) is 3.46. The van der Waals surface area contributed by atoms with Gasteiger partial charge in [-0.2, -0.15) is 0 Å². The Balaban J connectivity index is 1.75. The monoisotopic (exact) mass is 201 g/mol. The largest absolute Gasteiger partial charge is 0.293 e. The van der Waals surface area contributed by atoms with E-state index in [0.29, 0.717) is 0 Å². The van der Waals surface area contributed by atoms with E-state index in [1.54, 1.807) is 0 Å². The second kappa shape index (κ2) is 3.64. The van der Waals surface area contributed by atoms with E-state index in [1.165, 1.54) is 31.4 Å². The average molecular weight is 201 g/mol. The summed E-state index contributed by atoms with van der Waals surface area (Å²) in [7, 11) is 0. The van der Waals surface area contributed by atoms with Gasteiger partial charge in [0.25, 0.3) is 0 Å². The smallest absolute Gasteiger partial charge is 0.0239 e. The maximum atomic E-state index is 2.74. The van der Waals surface area contributed by atoms with E-state index in [-0.39, 0.29) is 0 Å². The van der Waals surface area contributed by atoms with Gasteiger partial charge in [0.05, 0.1) is 0 Å². The first-order valence-electron chi connectivity index (χ1n) is 6.14. The van der Waals surface area contributed by atoms with E-state index in [9.17, 15) is 0 Å². The lowest BCUT2D eigenvalue weighted by Crippen LogP contribution is -2.29. The summed E-state index contributed by atoms with van der Waals surface area (Å²) >= 11 is 0. The van der Waals surface area contributed by atoms with Gasteiger partial charge in [-0.05, 0) is 30.7 Å². The normalized spacial score (nSPS) is 34.9. The van der Waals surface area contributed by atoms with Gasteiger partial charge in [-0.25, -0.2) is 0 Å². The van der Waals surface area contributed by atoms with Crippen LogP contribution in [0.15, 0.2) is 30.3 Å². The van der Waals surface area contributed by atoms with Gasteiger partial charge in [0.1, 0.15) is 0 Å². The Hall–Kier alpha value is -0.820. The third-order valence-electron chi connectivity index (χ3n) is 4.20. The molecule has 0 N–H and O–H groups in total. The minimum absolute atomic E-state index is 0.871. The predicted octanol–water partition coefficient (Wildman–Crippen LogP) is 3.06. The van der Waals surface area contributed by atoms with Crippen molar-refractivity contribution in [2.45, 2.75) is 44.8 Å². The molecule has 0 aromatic heterocycles. The van der Waals surface area contributed by atoms with Gasteiger partial charge in [0.2, 0.25) is 0 Å². The fourth-order valence-corrected chi connectivity index (χ4v) is 3.46. The summed E-state index contributed by atoms with van der Waals surface area (Å²) in [5.41, 5.74) is 1.48. The van der Waals surface area contributed by atoms with E-state index in [1.807, 2.05) is 0 Å². The molecule has 1 aromatic carbocycles. The maximum Gasteiger partial charge on any atom is 0.0239 e. The zero-order chi connectivity index (χ0) is 10.3.